The SMILES string of the molecule is Cc1sc2c(c1C(=O)CCCN1CCC(c3noc4cc(F)ccc34)CC1)NC(=O)CCC2. The number of ketones is 1. The Balaban J connectivity index is 1.14. The number of benzene rings is 1. The largest absolute Gasteiger partial charge is 0.356 e. The number of nitrogens with one attached hydrogen (secondary N) is 1. The van der Waals surface area contributed by atoms with Crippen molar-refractivity contribution in [2.24, 2.45) is 0 Å². The highest BCUT2D eigenvalue weighted by Crippen LogP contribution is 2.37. The summed E-state index contributed by atoms with van der Waals surface area (Å²) in [7, 11) is 0. The second kappa shape index (κ2) is 9.35. The molecule has 0 atom stereocenters. The fraction of sp³-hybridized carbons (Fsp3) is 0.480. The number of Topliss-reactive ketones (excluding diaryl/α,β-unsaturated/α-hetero) is 1. The van der Waals surface area contributed by atoms with Gasteiger partial charge in [-0.1, -0.05) is 5.16 Å². The number of thiophene rings is 1. The quantitative estimate of drug-likeness (QED) is 0.486. The molecule has 0 spiro atoms. The lowest BCUT2D eigenvalue weighted by molar-refractivity contribution is -0.116. The van der Waals surface area contributed by atoms with Gasteiger partial charge in [-0.3, -0.25) is 9.59 Å². The molecule has 1 N–H and O–H groups in total. The van der Waals surface area contributed by atoms with Crippen molar-refractivity contribution in [2.75, 3.05) is 25.0 Å². The summed E-state index contributed by atoms with van der Waals surface area (Å²) in [6.07, 6.45) is 5.44. The maximum Gasteiger partial charge on any atom is 0.224 e. The second-order valence-corrected chi connectivity index (χ2v) is 10.4. The van der Waals surface area contributed by atoms with Crippen LogP contribution in [0, 0.1) is 12.7 Å². The van der Waals surface area contributed by atoms with E-state index in [-0.39, 0.29) is 17.5 Å². The minimum atomic E-state index is -0.314. The first-order chi connectivity index (χ1) is 16.0. The molecule has 1 saturated heterocycles. The zero-order valence-electron chi connectivity index (χ0n) is 18.8. The number of nitrogens with zero attached hydrogens (tertiary/aromatic N) is 2. The summed E-state index contributed by atoms with van der Waals surface area (Å²) in [5.74, 6) is 0.129. The van der Waals surface area contributed by atoms with Gasteiger partial charge >= 0.3 is 0 Å². The molecule has 1 fully saturated rings. The summed E-state index contributed by atoms with van der Waals surface area (Å²) >= 11 is 1.64. The number of carbonyl (C=O) groups excluding carboxylic acids is 2. The van der Waals surface area contributed by atoms with Crippen molar-refractivity contribution < 1.29 is 18.5 Å². The average molecular weight is 470 g/mol. The molecule has 0 bridgehead atoms. The van der Waals surface area contributed by atoms with Crippen LogP contribution >= 0.6 is 11.3 Å². The number of carbonyl (C=O) groups is 2. The first-order valence-corrected chi connectivity index (χ1v) is 12.5. The molecule has 2 aliphatic heterocycles. The van der Waals surface area contributed by atoms with Crippen LogP contribution in [0.15, 0.2) is 22.7 Å². The van der Waals surface area contributed by atoms with E-state index in [4.69, 9.17) is 4.52 Å². The fourth-order valence-corrected chi connectivity index (χ4v) is 6.29. The molecule has 1 amide bonds. The van der Waals surface area contributed by atoms with E-state index in [0.29, 0.717) is 24.3 Å². The summed E-state index contributed by atoms with van der Waals surface area (Å²) in [6, 6.07) is 4.59. The molecule has 2 aromatic heterocycles. The standard InChI is InChI=1S/C25H28FN3O3S/c1-15-23(25-21(33-15)5-2-6-22(31)27-25)19(30)4-3-11-29-12-9-16(10-13-29)24-18-8-7-17(26)14-20(18)32-28-24/h7-8,14,16H,2-6,9-13H2,1H3,(H,27,31). The minimum absolute atomic E-state index is 0.00787. The molecular weight excluding hydrogens is 441 g/mol. The number of rotatable bonds is 6. The van der Waals surface area contributed by atoms with Crippen LogP contribution in [0.3, 0.4) is 0 Å². The minimum Gasteiger partial charge on any atom is -0.356 e. The van der Waals surface area contributed by atoms with Gasteiger partial charge in [-0.15, -0.1) is 11.3 Å². The lowest BCUT2D eigenvalue weighted by atomic mass is 9.91. The number of aromatic nitrogens is 1. The summed E-state index contributed by atoms with van der Waals surface area (Å²) in [4.78, 5) is 29.5. The van der Waals surface area contributed by atoms with Gasteiger partial charge in [0, 0.05) is 40.0 Å². The van der Waals surface area contributed by atoms with E-state index in [2.05, 4.69) is 15.4 Å². The highest BCUT2D eigenvalue weighted by molar-refractivity contribution is 7.13. The van der Waals surface area contributed by atoms with Crippen LogP contribution in [0.4, 0.5) is 10.1 Å². The number of piperidine rings is 1. The third-order valence-corrected chi connectivity index (χ3v) is 7.99. The van der Waals surface area contributed by atoms with Crippen molar-refractivity contribution in [3.8, 4) is 0 Å². The molecule has 0 radical (unpaired) electrons. The van der Waals surface area contributed by atoms with Crippen LogP contribution in [0.1, 0.15) is 70.2 Å². The third kappa shape index (κ3) is 4.59. The number of amides is 1. The Labute approximate surface area is 196 Å². The Kier molecular flexibility index (Phi) is 6.29. The van der Waals surface area contributed by atoms with E-state index >= 15 is 0 Å². The Hall–Kier alpha value is -2.58. The number of fused-ring (bicyclic) bond motifs is 2. The van der Waals surface area contributed by atoms with Crippen LogP contribution in [0.2, 0.25) is 0 Å². The summed E-state index contributed by atoms with van der Waals surface area (Å²) in [5, 5.41) is 8.09. The second-order valence-electron chi connectivity index (χ2n) is 9.08. The van der Waals surface area contributed by atoms with Crippen molar-refractivity contribution in [3.63, 3.8) is 0 Å². The number of halogens is 1. The molecule has 5 rings (SSSR count). The lowest BCUT2D eigenvalue weighted by Gasteiger charge is -2.31. The van der Waals surface area contributed by atoms with Crippen LogP contribution in [-0.2, 0) is 11.2 Å². The molecule has 0 unspecified atom stereocenters. The van der Waals surface area contributed by atoms with Crippen molar-refractivity contribution in [1.82, 2.24) is 10.1 Å². The summed E-state index contributed by atoms with van der Waals surface area (Å²) in [6.45, 7) is 4.74. The van der Waals surface area contributed by atoms with Crippen LogP contribution in [0.5, 0.6) is 0 Å². The van der Waals surface area contributed by atoms with Gasteiger partial charge in [0.25, 0.3) is 0 Å². The predicted molar refractivity (Wildman–Crippen MR) is 127 cm³/mol. The molecule has 6 nitrogen and oxygen atoms in total. The Morgan fingerprint density at radius 2 is 2.12 bits per heavy atom. The lowest BCUT2D eigenvalue weighted by Crippen LogP contribution is -2.34. The van der Waals surface area contributed by atoms with Gasteiger partial charge in [0.05, 0.1) is 16.9 Å². The molecule has 3 aromatic rings. The first kappa shape index (κ1) is 22.2. The first-order valence-electron chi connectivity index (χ1n) is 11.7. The van der Waals surface area contributed by atoms with E-state index < -0.39 is 0 Å². The molecule has 174 valence electrons. The van der Waals surface area contributed by atoms with E-state index in [9.17, 15) is 14.0 Å². The molecule has 0 aliphatic carbocycles. The van der Waals surface area contributed by atoms with E-state index in [1.807, 2.05) is 6.92 Å². The average Bonchev–Trinajstić information content (AvgIpc) is 3.28. The summed E-state index contributed by atoms with van der Waals surface area (Å²) in [5.41, 5.74) is 2.92. The third-order valence-electron chi connectivity index (χ3n) is 6.82. The van der Waals surface area contributed by atoms with Crippen molar-refractivity contribution >= 4 is 39.7 Å². The maximum atomic E-state index is 13.4. The van der Waals surface area contributed by atoms with Crippen molar-refractivity contribution in [3.05, 3.63) is 45.0 Å². The molecule has 33 heavy (non-hydrogen) atoms. The Bertz CT molecular complexity index is 1190. The Morgan fingerprint density at radius 1 is 1.30 bits per heavy atom. The van der Waals surface area contributed by atoms with Gasteiger partial charge in [-0.2, -0.15) is 0 Å². The van der Waals surface area contributed by atoms with Crippen LogP contribution < -0.4 is 5.32 Å². The fourth-order valence-electron chi connectivity index (χ4n) is 5.10. The normalized spacial score (nSPS) is 17.7. The number of hydrogen-bond acceptors (Lipinski definition) is 6. The van der Waals surface area contributed by atoms with Crippen LogP contribution in [0.25, 0.3) is 11.0 Å². The number of hydrogen-bond donors (Lipinski definition) is 1. The predicted octanol–water partition coefficient (Wildman–Crippen LogP) is 5.45. The van der Waals surface area contributed by atoms with Crippen molar-refractivity contribution in [2.45, 2.75) is 57.8 Å². The van der Waals surface area contributed by atoms with E-state index in [1.165, 1.54) is 12.1 Å². The number of likely N-dealkylation sites (tertiary alicyclic amines) is 1. The van der Waals surface area contributed by atoms with Crippen molar-refractivity contribution in [1.29, 1.82) is 0 Å². The summed E-state index contributed by atoms with van der Waals surface area (Å²) < 4.78 is 18.7. The highest BCUT2D eigenvalue weighted by Gasteiger charge is 2.27. The topological polar surface area (TPSA) is 75.4 Å². The van der Waals surface area contributed by atoms with Crippen LogP contribution in [-0.4, -0.2) is 41.4 Å². The number of anilines is 1. The van der Waals surface area contributed by atoms with E-state index in [0.717, 1.165) is 83.8 Å². The van der Waals surface area contributed by atoms with Gasteiger partial charge in [0.15, 0.2) is 11.4 Å². The smallest absolute Gasteiger partial charge is 0.224 e. The zero-order chi connectivity index (χ0) is 22.9. The number of aryl methyl sites for hydroxylation is 2. The molecule has 4 heterocycles. The highest BCUT2D eigenvalue weighted by atomic mass is 32.1. The zero-order valence-corrected chi connectivity index (χ0v) is 19.6. The molecule has 1 aromatic carbocycles. The molecule has 8 heteroatoms. The Morgan fingerprint density at radius 3 is 2.94 bits per heavy atom. The van der Waals surface area contributed by atoms with Gasteiger partial charge in [0.1, 0.15) is 5.82 Å². The van der Waals surface area contributed by atoms with Gasteiger partial charge in [0.2, 0.25) is 5.91 Å². The molecular formula is C25H28FN3O3S. The van der Waals surface area contributed by atoms with Gasteiger partial charge in [-0.05, 0) is 70.8 Å². The van der Waals surface area contributed by atoms with E-state index in [1.54, 1.807) is 17.4 Å². The molecule has 0 saturated carbocycles. The van der Waals surface area contributed by atoms with Gasteiger partial charge in [-0.25, -0.2) is 4.39 Å². The van der Waals surface area contributed by atoms with Gasteiger partial charge < -0.3 is 14.7 Å². The molecule has 2 aliphatic rings. The maximum absolute atomic E-state index is 13.4. The monoisotopic (exact) mass is 469 g/mol.